The molecule has 2 saturated heterocycles. The van der Waals surface area contributed by atoms with Crippen molar-refractivity contribution in [3.05, 3.63) is 29.8 Å². The highest BCUT2D eigenvalue weighted by atomic mass is 16.5. The minimum atomic E-state index is -0.303. The van der Waals surface area contributed by atoms with Crippen LogP contribution in [0.1, 0.15) is 38.4 Å². The number of likely N-dealkylation sites (N-methyl/N-ethyl adjacent to an activating group) is 1. The van der Waals surface area contributed by atoms with Crippen molar-refractivity contribution in [1.82, 2.24) is 9.80 Å². The van der Waals surface area contributed by atoms with Crippen LogP contribution in [0, 0.1) is 5.92 Å². The van der Waals surface area contributed by atoms with Crippen molar-refractivity contribution in [3.8, 4) is 5.75 Å². The van der Waals surface area contributed by atoms with Crippen molar-refractivity contribution in [1.29, 1.82) is 0 Å². The van der Waals surface area contributed by atoms with Gasteiger partial charge in [-0.1, -0.05) is 18.2 Å². The normalized spacial score (nSPS) is 32.6. The van der Waals surface area contributed by atoms with Crippen LogP contribution in [-0.4, -0.2) is 60.6 Å². The van der Waals surface area contributed by atoms with Crippen LogP contribution < -0.4 is 4.74 Å². The van der Waals surface area contributed by atoms with E-state index in [1.165, 1.54) is 0 Å². The van der Waals surface area contributed by atoms with E-state index in [-0.39, 0.29) is 35.7 Å². The van der Waals surface area contributed by atoms with E-state index in [4.69, 9.17) is 9.47 Å². The summed E-state index contributed by atoms with van der Waals surface area (Å²) >= 11 is 0. The molecule has 4 atom stereocenters. The fraction of sp³-hybridized carbons (Fsp3) is 0.650. The first-order valence-corrected chi connectivity index (χ1v) is 9.24. The predicted molar refractivity (Wildman–Crippen MR) is 95.5 cm³/mol. The van der Waals surface area contributed by atoms with E-state index in [1.54, 1.807) is 0 Å². The maximum atomic E-state index is 12.6. The Morgan fingerprint density at radius 3 is 2.84 bits per heavy atom. The van der Waals surface area contributed by atoms with E-state index >= 15 is 0 Å². The van der Waals surface area contributed by atoms with Gasteiger partial charge in [0.1, 0.15) is 11.4 Å². The van der Waals surface area contributed by atoms with Gasteiger partial charge in [-0.3, -0.25) is 4.79 Å². The first-order valence-electron chi connectivity index (χ1n) is 9.24. The summed E-state index contributed by atoms with van der Waals surface area (Å²) in [6.45, 7) is 5.54. The molecule has 0 spiro atoms. The molecule has 0 unspecified atom stereocenters. The van der Waals surface area contributed by atoms with Crippen molar-refractivity contribution in [3.63, 3.8) is 0 Å². The van der Waals surface area contributed by atoms with Gasteiger partial charge in [0.05, 0.1) is 24.8 Å². The Labute approximate surface area is 149 Å². The van der Waals surface area contributed by atoms with Gasteiger partial charge in [-0.25, -0.2) is 0 Å². The van der Waals surface area contributed by atoms with E-state index in [2.05, 4.69) is 26.0 Å². The van der Waals surface area contributed by atoms with Crippen molar-refractivity contribution in [2.24, 2.45) is 5.92 Å². The molecule has 5 heteroatoms. The fourth-order valence-corrected chi connectivity index (χ4v) is 4.71. The van der Waals surface area contributed by atoms with Crippen LogP contribution in [0.15, 0.2) is 24.3 Å². The average Bonchev–Trinajstić information content (AvgIpc) is 2.95. The first kappa shape index (κ1) is 16.9. The van der Waals surface area contributed by atoms with Gasteiger partial charge in [-0.2, -0.15) is 0 Å². The Morgan fingerprint density at radius 2 is 2.08 bits per heavy atom. The van der Waals surface area contributed by atoms with Gasteiger partial charge >= 0.3 is 0 Å². The minimum Gasteiger partial charge on any atom is -0.487 e. The number of carbonyl (C=O) groups is 1. The Morgan fingerprint density at radius 1 is 1.32 bits per heavy atom. The summed E-state index contributed by atoms with van der Waals surface area (Å²) in [6, 6.07) is 8.38. The molecule has 0 bridgehead atoms. The maximum Gasteiger partial charge on any atom is 0.237 e. The van der Waals surface area contributed by atoms with Gasteiger partial charge in [0, 0.05) is 18.0 Å². The molecule has 0 radical (unpaired) electrons. The summed E-state index contributed by atoms with van der Waals surface area (Å²) in [5.41, 5.74) is 0.853. The molecule has 2 fully saturated rings. The van der Waals surface area contributed by atoms with Crippen LogP contribution in [0.5, 0.6) is 5.75 Å². The number of hydrogen-bond acceptors (Lipinski definition) is 4. The molecule has 1 aromatic rings. The lowest BCUT2D eigenvalue weighted by molar-refractivity contribution is -0.167. The largest absolute Gasteiger partial charge is 0.487 e. The van der Waals surface area contributed by atoms with Gasteiger partial charge in [-0.05, 0) is 46.9 Å². The molecule has 1 aromatic carbocycles. The third-order valence-electron chi connectivity index (χ3n) is 5.93. The van der Waals surface area contributed by atoms with Crippen LogP contribution in [0.3, 0.4) is 0 Å². The molecule has 3 aliphatic rings. The van der Waals surface area contributed by atoms with Gasteiger partial charge < -0.3 is 19.3 Å². The summed E-state index contributed by atoms with van der Waals surface area (Å²) in [6.07, 6.45) is 2.06. The number of nitrogens with zero attached hydrogens (tertiary/aromatic N) is 2. The lowest BCUT2D eigenvalue weighted by atomic mass is 9.74. The SMILES string of the molecule is CN(C)CC(=O)N1CC[C@H]2O[C@H]3c4ccccc4OC(C)(C)[C@@H]3C[C@H]21. The quantitative estimate of drug-likeness (QED) is 0.827. The molecule has 3 aliphatic heterocycles. The van der Waals surface area contributed by atoms with E-state index in [1.807, 2.05) is 36.0 Å². The maximum absolute atomic E-state index is 12.6. The van der Waals surface area contributed by atoms with Crippen molar-refractivity contribution in [2.75, 3.05) is 27.2 Å². The minimum absolute atomic E-state index is 0.0603. The van der Waals surface area contributed by atoms with Gasteiger partial charge in [-0.15, -0.1) is 0 Å². The highest BCUT2D eigenvalue weighted by Crippen LogP contribution is 2.52. The average molecular weight is 344 g/mol. The van der Waals surface area contributed by atoms with Crippen molar-refractivity contribution >= 4 is 5.91 Å². The lowest BCUT2D eigenvalue weighted by Gasteiger charge is -2.50. The molecule has 5 nitrogen and oxygen atoms in total. The molecule has 1 amide bonds. The summed E-state index contributed by atoms with van der Waals surface area (Å²) in [5.74, 6) is 1.39. The van der Waals surface area contributed by atoms with Gasteiger partial charge in [0.2, 0.25) is 5.91 Å². The number of ether oxygens (including phenoxy) is 2. The van der Waals surface area contributed by atoms with E-state index < -0.39 is 0 Å². The van der Waals surface area contributed by atoms with Crippen molar-refractivity contribution in [2.45, 2.75) is 50.5 Å². The molecule has 4 rings (SSSR count). The van der Waals surface area contributed by atoms with Crippen LogP contribution in [0.25, 0.3) is 0 Å². The second-order valence-electron chi connectivity index (χ2n) is 8.36. The predicted octanol–water partition coefficient (Wildman–Crippen LogP) is 2.47. The molecule has 0 saturated carbocycles. The Hall–Kier alpha value is -1.59. The molecule has 0 aliphatic carbocycles. The molecular formula is C20H28N2O3. The molecular weight excluding hydrogens is 316 g/mol. The van der Waals surface area contributed by atoms with Crippen LogP contribution in [0.2, 0.25) is 0 Å². The molecule has 0 aromatic heterocycles. The summed E-state index contributed by atoms with van der Waals surface area (Å²) in [7, 11) is 3.88. The van der Waals surface area contributed by atoms with Gasteiger partial charge in [0.15, 0.2) is 0 Å². The zero-order valence-electron chi connectivity index (χ0n) is 15.6. The number of para-hydroxylation sites is 1. The number of amides is 1. The number of rotatable bonds is 2. The third-order valence-corrected chi connectivity index (χ3v) is 5.93. The first-order chi connectivity index (χ1) is 11.9. The van der Waals surface area contributed by atoms with E-state index in [9.17, 15) is 4.79 Å². The zero-order valence-corrected chi connectivity index (χ0v) is 15.6. The van der Waals surface area contributed by atoms with Crippen molar-refractivity contribution < 1.29 is 14.3 Å². The highest BCUT2D eigenvalue weighted by molar-refractivity contribution is 5.79. The third kappa shape index (κ3) is 2.83. The molecule has 0 N–H and O–H groups in total. The number of hydrogen-bond donors (Lipinski definition) is 0. The summed E-state index contributed by atoms with van der Waals surface area (Å²) in [4.78, 5) is 16.6. The number of carbonyl (C=O) groups excluding carboxylic acids is 1. The zero-order chi connectivity index (χ0) is 17.8. The smallest absolute Gasteiger partial charge is 0.237 e. The summed E-state index contributed by atoms with van der Waals surface area (Å²) in [5, 5.41) is 0. The summed E-state index contributed by atoms with van der Waals surface area (Å²) < 4.78 is 12.9. The number of likely N-dealkylation sites (tertiary alicyclic amines) is 1. The van der Waals surface area contributed by atoms with E-state index in [0.29, 0.717) is 6.54 Å². The number of benzene rings is 1. The number of fused-ring (bicyclic) bond motifs is 4. The Bertz CT molecular complexity index is 673. The topological polar surface area (TPSA) is 42.0 Å². The van der Waals surface area contributed by atoms with Gasteiger partial charge in [0.25, 0.3) is 0 Å². The second kappa shape index (κ2) is 5.99. The Kier molecular flexibility index (Phi) is 4.04. The van der Waals surface area contributed by atoms with Crippen LogP contribution in [0.4, 0.5) is 0 Å². The van der Waals surface area contributed by atoms with Crippen LogP contribution in [-0.2, 0) is 9.53 Å². The van der Waals surface area contributed by atoms with E-state index in [0.717, 1.165) is 30.7 Å². The molecule has 25 heavy (non-hydrogen) atoms. The van der Waals surface area contributed by atoms with Crippen LogP contribution >= 0.6 is 0 Å². The Balaban J connectivity index is 1.61. The molecule has 3 heterocycles. The monoisotopic (exact) mass is 344 g/mol. The standard InChI is InChI=1S/C20H28N2O3/c1-20(2)14-11-15-17(9-10-22(15)18(23)12-21(3)4)24-19(14)13-7-5-6-8-16(13)25-20/h5-8,14-15,17,19H,9-12H2,1-4H3/t14-,15-,17-,19+/m1/s1. The highest BCUT2D eigenvalue weighted by Gasteiger charge is 2.53. The molecule has 136 valence electrons. The second-order valence-corrected chi connectivity index (χ2v) is 8.36. The fourth-order valence-electron chi connectivity index (χ4n) is 4.71. The lowest BCUT2D eigenvalue weighted by Crippen LogP contribution is -2.55.